The number of imidazole rings is 1. The van der Waals surface area contributed by atoms with Crippen molar-refractivity contribution < 1.29 is 13.9 Å². The molecule has 0 fully saturated rings. The van der Waals surface area contributed by atoms with Crippen LogP contribution < -0.4 is 5.69 Å². The molecule has 0 aliphatic heterocycles. The summed E-state index contributed by atoms with van der Waals surface area (Å²) in [4.78, 5) is 13.2. The van der Waals surface area contributed by atoms with Crippen molar-refractivity contribution in [2.45, 2.75) is 9.92 Å². The molecule has 0 saturated carbocycles. The SMILES string of the molecule is Cn1c(Sc2ccccc2Br)c(O)n(-c2cc(F)ccc2F)c1=O. The Morgan fingerprint density at radius 1 is 1.17 bits per heavy atom. The molecule has 4 nitrogen and oxygen atoms in total. The molecule has 1 N–H and O–H groups in total. The molecule has 1 heterocycles. The number of aromatic hydroxyl groups is 1. The van der Waals surface area contributed by atoms with Crippen molar-refractivity contribution in [3.05, 3.63) is 69.1 Å². The van der Waals surface area contributed by atoms with E-state index >= 15 is 0 Å². The van der Waals surface area contributed by atoms with E-state index in [1.54, 1.807) is 6.07 Å². The summed E-state index contributed by atoms with van der Waals surface area (Å²) in [6.45, 7) is 0. The Morgan fingerprint density at radius 2 is 1.88 bits per heavy atom. The fraction of sp³-hybridized carbons (Fsp3) is 0.0625. The van der Waals surface area contributed by atoms with Gasteiger partial charge >= 0.3 is 5.69 Å². The van der Waals surface area contributed by atoms with Gasteiger partial charge in [0.05, 0.1) is 5.69 Å². The smallest absolute Gasteiger partial charge is 0.336 e. The molecular formula is C16H11BrF2N2O2S. The molecule has 0 saturated heterocycles. The summed E-state index contributed by atoms with van der Waals surface area (Å²) in [5.41, 5.74) is -1.02. The summed E-state index contributed by atoms with van der Waals surface area (Å²) >= 11 is 4.52. The predicted molar refractivity (Wildman–Crippen MR) is 90.9 cm³/mol. The lowest BCUT2D eigenvalue weighted by Gasteiger charge is -2.06. The molecule has 24 heavy (non-hydrogen) atoms. The van der Waals surface area contributed by atoms with E-state index in [0.29, 0.717) is 0 Å². The van der Waals surface area contributed by atoms with Gasteiger partial charge in [-0.15, -0.1) is 0 Å². The zero-order valence-electron chi connectivity index (χ0n) is 12.3. The number of hydrogen-bond acceptors (Lipinski definition) is 3. The Bertz CT molecular complexity index is 985. The molecule has 3 rings (SSSR count). The van der Waals surface area contributed by atoms with Crippen LogP contribution in [-0.4, -0.2) is 14.2 Å². The molecule has 0 bridgehead atoms. The Hall–Kier alpha value is -2.06. The van der Waals surface area contributed by atoms with Crippen LogP contribution in [0.25, 0.3) is 5.69 Å². The molecule has 1 aromatic heterocycles. The van der Waals surface area contributed by atoms with Gasteiger partial charge in [0, 0.05) is 22.5 Å². The third-order valence-electron chi connectivity index (χ3n) is 3.38. The molecule has 0 atom stereocenters. The summed E-state index contributed by atoms with van der Waals surface area (Å²) in [5, 5.41) is 10.6. The number of benzene rings is 2. The van der Waals surface area contributed by atoms with Crippen molar-refractivity contribution in [2.75, 3.05) is 0 Å². The number of nitrogens with zero attached hydrogens (tertiary/aromatic N) is 2. The van der Waals surface area contributed by atoms with Crippen molar-refractivity contribution >= 4 is 27.7 Å². The third-order valence-corrected chi connectivity index (χ3v) is 5.56. The Morgan fingerprint density at radius 3 is 2.58 bits per heavy atom. The van der Waals surface area contributed by atoms with Crippen LogP contribution in [0.1, 0.15) is 0 Å². The molecule has 0 unspecified atom stereocenters. The Balaban J connectivity index is 2.16. The van der Waals surface area contributed by atoms with Crippen LogP contribution in [0.15, 0.2) is 61.7 Å². The molecule has 124 valence electrons. The number of halogens is 3. The average Bonchev–Trinajstić information content (AvgIpc) is 2.76. The number of rotatable bonds is 3. The summed E-state index contributed by atoms with van der Waals surface area (Å²) in [5.74, 6) is -1.97. The molecule has 0 aliphatic carbocycles. The van der Waals surface area contributed by atoms with Gasteiger partial charge < -0.3 is 5.11 Å². The monoisotopic (exact) mass is 412 g/mol. The van der Waals surface area contributed by atoms with Crippen LogP contribution in [0.4, 0.5) is 8.78 Å². The highest BCUT2D eigenvalue weighted by atomic mass is 79.9. The maximum atomic E-state index is 14.0. The molecule has 0 amide bonds. The third kappa shape index (κ3) is 2.87. The first-order valence-corrected chi connectivity index (χ1v) is 8.39. The lowest BCUT2D eigenvalue weighted by Crippen LogP contribution is -2.22. The molecule has 0 spiro atoms. The first-order valence-electron chi connectivity index (χ1n) is 6.78. The predicted octanol–water partition coefficient (Wildman–Crippen LogP) is 4.07. The van der Waals surface area contributed by atoms with E-state index in [1.165, 1.54) is 11.6 Å². The van der Waals surface area contributed by atoms with Crippen LogP contribution in [0, 0.1) is 11.6 Å². The van der Waals surface area contributed by atoms with E-state index in [9.17, 15) is 18.7 Å². The van der Waals surface area contributed by atoms with Gasteiger partial charge in [-0.3, -0.25) is 4.57 Å². The van der Waals surface area contributed by atoms with Crippen LogP contribution in [0.2, 0.25) is 0 Å². The lowest BCUT2D eigenvalue weighted by molar-refractivity contribution is 0.424. The van der Waals surface area contributed by atoms with Crippen molar-refractivity contribution in [3.8, 4) is 11.6 Å². The Labute approximate surface area is 148 Å². The lowest BCUT2D eigenvalue weighted by atomic mass is 10.3. The molecule has 3 aromatic rings. The van der Waals surface area contributed by atoms with Gasteiger partial charge in [-0.2, -0.15) is 0 Å². The second-order valence-electron chi connectivity index (χ2n) is 4.93. The normalized spacial score (nSPS) is 11.0. The van der Waals surface area contributed by atoms with E-state index in [1.807, 2.05) is 18.2 Å². The number of hydrogen-bond donors (Lipinski definition) is 1. The van der Waals surface area contributed by atoms with Crippen molar-refractivity contribution in [2.24, 2.45) is 7.05 Å². The molecule has 0 aliphatic rings. The van der Waals surface area contributed by atoms with Gasteiger partial charge in [-0.1, -0.05) is 23.9 Å². The maximum Gasteiger partial charge on any atom is 0.336 e. The van der Waals surface area contributed by atoms with Gasteiger partial charge in [0.2, 0.25) is 5.88 Å². The summed E-state index contributed by atoms with van der Waals surface area (Å²) < 4.78 is 30.1. The largest absolute Gasteiger partial charge is 0.492 e. The van der Waals surface area contributed by atoms with Crippen LogP contribution >= 0.6 is 27.7 Å². The van der Waals surface area contributed by atoms with Crippen LogP contribution in [0.3, 0.4) is 0 Å². The second kappa shape index (κ2) is 6.45. The highest BCUT2D eigenvalue weighted by molar-refractivity contribution is 9.10. The van der Waals surface area contributed by atoms with Gasteiger partial charge in [-0.05, 0) is 40.2 Å². The van der Waals surface area contributed by atoms with E-state index in [4.69, 9.17) is 0 Å². The first kappa shape index (κ1) is 16.8. The minimum atomic E-state index is -0.808. The van der Waals surface area contributed by atoms with Crippen LogP contribution in [-0.2, 0) is 7.05 Å². The molecular weight excluding hydrogens is 402 g/mol. The summed E-state index contributed by atoms with van der Waals surface area (Å²) in [6, 6.07) is 9.99. The van der Waals surface area contributed by atoms with E-state index < -0.39 is 23.2 Å². The molecule has 0 radical (unpaired) electrons. The van der Waals surface area contributed by atoms with Crippen molar-refractivity contribution in [3.63, 3.8) is 0 Å². The Kier molecular flexibility index (Phi) is 4.51. The zero-order chi connectivity index (χ0) is 17.4. The van der Waals surface area contributed by atoms with E-state index in [-0.39, 0.29) is 10.7 Å². The van der Waals surface area contributed by atoms with Crippen LogP contribution in [0.5, 0.6) is 5.88 Å². The highest BCUT2D eigenvalue weighted by Crippen LogP contribution is 2.38. The second-order valence-corrected chi connectivity index (χ2v) is 6.82. The van der Waals surface area contributed by atoms with E-state index in [0.717, 1.165) is 43.9 Å². The number of aromatic nitrogens is 2. The topological polar surface area (TPSA) is 47.2 Å². The van der Waals surface area contributed by atoms with E-state index in [2.05, 4.69) is 15.9 Å². The van der Waals surface area contributed by atoms with Gasteiger partial charge in [-0.25, -0.2) is 18.1 Å². The zero-order valence-corrected chi connectivity index (χ0v) is 14.7. The first-order chi connectivity index (χ1) is 11.4. The summed E-state index contributed by atoms with van der Waals surface area (Å²) in [6.07, 6.45) is 0. The maximum absolute atomic E-state index is 14.0. The standard InChI is InChI=1S/C16H11BrF2N2O2S/c1-20-15(24-13-5-3-2-4-10(13)17)14(22)21(16(20)23)12-8-9(18)6-7-11(12)19/h2-8,22H,1H3. The average molecular weight is 413 g/mol. The minimum Gasteiger partial charge on any atom is -0.492 e. The molecule has 2 aromatic carbocycles. The van der Waals surface area contributed by atoms with Crippen molar-refractivity contribution in [1.82, 2.24) is 9.13 Å². The fourth-order valence-electron chi connectivity index (χ4n) is 2.19. The van der Waals surface area contributed by atoms with Crippen molar-refractivity contribution in [1.29, 1.82) is 0 Å². The van der Waals surface area contributed by atoms with Gasteiger partial charge in [0.25, 0.3) is 0 Å². The fourth-order valence-corrected chi connectivity index (χ4v) is 3.64. The quantitative estimate of drug-likeness (QED) is 0.704. The summed E-state index contributed by atoms with van der Waals surface area (Å²) in [7, 11) is 1.45. The highest BCUT2D eigenvalue weighted by Gasteiger charge is 2.22. The van der Waals surface area contributed by atoms with Gasteiger partial charge in [0.15, 0.2) is 0 Å². The minimum absolute atomic E-state index is 0.218. The molecule has 8 heteroatoms. The van der Waals surface area contributed by atoms with Gasteiger partial charge in [0.1, 0.15) is 16.7 Å².